The van der Waals surface area contributed by atoms with Crippen molar-refractivity contribution in [3.63, 3.8) is 0 Å². The fraction of sp³-hybridized carbons (Fsp3) is 0.520. The highest BCUT2D eigenvalue weighted by Crippen LogP contribution is 2.48. The van der Waals surface area contributed by atoms with Gasteiger partial charge < -0.3 is 19.9 Å². The minimum atomic E-state index is -0.578. The van der Waals surface area contributed by atoms with E-state index >= 15 is 0 Å². The molecule has 166 valence electrons. The van der Waals surface area contributed by atoms with Crippen LogP contribution in [0, 0.1) is 5.41 Å². The number of carbonyl (C=O) groups excluding carboxylic acids is 2. The Bertz CT molecular complexity index is 982. The quantitative estimate of drug-likeness (QED) is 0.692. The van der Waals surface area contributed by atoms with Crippen molar-refractivity contribution >= 4 is 11.8 Å². The SMILES string of the molecule is COc1ccc([C@H]2C(C(=O)OC3CCCC3)=C(C)NC3=C2C(=O)CC(C)(C)C3)cc1O. The molecule has 1 fully saturated rings. The molecule has 1 aromatic carbocycles. The maximum atomic E-state index is 13.3. The van der Waals surface area contributed by atoms with Crippen LogP contribution >= 0.6 is 0 Å². The molecule has 1 aromatic rings. The summed E-state index contributed by atoms with van der Waals surface area (Å²) in [4.78, 5) is 26.6. The van der Waals surface area contributed by atoms with Crippen molar-refractivity contribution in [3.05, 3.63) is 46.3 Å². The zero-order chi connectivity index (χ0) is 22.3. The zero-order valence-corrected chi connectivity index (χ0v) is 18.7. The van der Waals surface area contributed by atoms with E-state index in [1.54, 1.807) is 12.1 Å². The normalized spacial score (nSPS) is 23.5. The molecule has 31 heavy (non-hydrogen) atoms. The molecule has 1 heterocycles. The maximum absolute atomic E-state index is 13.3. The summed E-state index contributed by atoms with van der Waals surface area (Å²) >= 11 is 0. The zero-order valence-electron chi connectivity index (χ0n) is 18.7. The van der Waals surface area contributed by atoms with Crippen LogP contribution in [0.1, 0.15) is 70.8 Å². The maximum Gasteiger partial charge on any atom is 0.337 e. The molecule has 0 radical (unpaired) electrons. The lowest BCUT2D eigenvalue weighted by molar-refractivity contribution is -0.144. The monoisotopic (exact) mass is 425 g/mol. The van der Waals surface area contributed by atoms with Crippen molar-refractivity contribution in [3.8, 4) is 11.5 Å². The molecule has 4 rings (SSSR count). The topological polar surface area (TPSA) is 84.9 Å². The minimum absolute atomic E-state index is 0.0227. The number of phenols is 1. The highest BCUT2D eigenvalue weighted by atomic mass is 16.5. The van der Waals surface area contributed by atoms with Crippen LogP contribution in [0.3, 0.4) is 0 Å². The lowest BCUT2D eigenvalue weighted by atomic mass is 9.68. The number of aromatic hydroxyl groups is 1. The molecule has 1 atom stereocenters. The number of allylic oxidation sites excluding steroid dienone is 3. The number of hydrogen-bond acceptors (Lipinski definition) is 6. The molecule has 6 nitrogen and oxygen atoms in total. The number of methoxy groups -OCH3 is 1. The Morgan fingerprint density at radius 3 is 2.55 bits per heavy atom. The average molecular weight is 426 g/mol. The third-order valence-electron chi connectivity index (χ3n) is 6.57. The van der Waals surface area contributed by atoms with Crippen LogP contribution in [-0.4, -0.2) is 30.1 Å². The van der Waals surface area contributed by atoms with E-state index in [2.05, 4.69) is 19.2 Å². The predicted octanol–water partition coefficient (Wildman–Crippen LogP) is 4.49. The molecule has 0 saturated heterocycles. The number of carbonyl (C=O) groups is 2. The van der Waals surface area contributed by atoms with Crippen LogP contribution in [-0.2, 0) is 14.3 Å². The Kier molecular flexibility index (Phi) is 5.58. The first kappa shape index (κ1) is 21.5. The third-order valence-corrected chi connectivity index (χ3v) is 6.57. The lowest BCUT2D eigenvalue weighted by Crippen LogP contribution is -2.39. The molecule has 0 spiro atoms. The molecule has 0 aromatic heterocycles. The number of ether oxygens (including phenoxy) is 2. The van der Waals surface area contributed by atoms with Crippen molar-refractivity contribution in [1.29, 1.82) is 0 Å². The molecule has 2 aliphatic carbocycles. The first-order valence-electron chi connectivity index (χ1n) is 11.0. The average Bonchev–Trinajstić information content (AvgIpc) is 3.18. The second-order valence-corrected chi connectivity index (χ2v) is 9.67. The van der Waals surface area contributed by atoms with Crippen LogP contribution in [0.5, 0.6) is 11.5 Å². The molecule has 3 aliphatic rings. The van der Waals surface area contributed by atoms with Crippen LogP contribution in [0.4, 0.5) is 0 Å². The summed E-state index contributed by atoms with van der Waals surface area (Å²) in [5.74, 6) is -0.617. The Balaban J connectivity index is 1.80. The molecule has 2 N–H and O–H groups in total. The van der Waals surface area contributed by atoms with Crippen molar-refractivity contribution in [2.24, 2.45) is 5.41 Å². The first-order chi connectivity index (χ1) is 14.7. The van der Waals surface area contributed by atoms with E-state index in [-0.39, 0.29) is 29.0 Å². The van der Waals surface area contributed by atoms with Gasteiger partial charge in [0.1, 0.15) is 6.10 Å². The number of Topliss-reactive ketones (excluding diaryl/α,β-unsaturated/α-hetero) is 1. The van der Waals surface area contributed by atoms with Gasteiger partial charge in [0.05, 0.1) is 12.7 Å². The van der Waals surface area contributed by atoms with Gasteiger partial charge in [-0.05, 0) is 62.1 Å². The molecule has 1 aliphatic heterocycles. The Hall–Kier alpha value is -2.76. The fourth-order valence-electron chi connectivity index (χ4n) is 5.15. The lowest BCUT2D eigenvalue weighted by Gasteiger charge is -2.39. The predicted molar refractivity (Wildman–Crippen MR) is 117 cm³/mol. The highest BCUT2D eigenvalue weighted by molar-refractivity contribution is 6.04. The van der Waals surface area contributed by atoms with Gasteiger partial charge in [0.15, 0.2) is 17.3 Å². The fourth-order valence-corrected chi connectivity index (χ4v) is 5.15. The minimum Gasteiger partial charge on any atom is -0.504 e. The third kappa shape index (κ3) is 4.08. The van der Waals surface area contributed by atoms with Crippen LogP contribution in [0.2, 0.25) is 0 Å². The molecule has 0 unspecified atom stereocenters. The number of nitrogens with one attached hydrogen (secondary N) is 1. The molecule has 0 bridgehead atoms. The molecule has 0 amide bonds. The van der Waals surface area contributed by atoms with E-state index in [1.807, 2.05) is 13.0 Å². The van der Waals surface area contributed by atoms with E-state index in [0.29, 0.717) is 34.6 Å². The van der Waals surface area contributed by atoms with E-state index < -0.39 is 5.92 Å². The van der Waals surface area contributed by atoms with Crippen molar-refractivity contribution < 1.29 is 24.2 Å². The van der Waals surface area contributed by atoms with Crippen molar-refractivity contribution in [1.82, 2.24) is 5.32 Å². The van der Waals surface area contributed by atoms with Gasteiger partial charge in [-0.15, -0.1) is 0 Å². The van der Waals surface area contributed by atoms with Gasteiger partial charge in [-0.2, -0.15) is 0 Å². The Morgan fingerprint density at radius 1 is 1.19 bits per heavy atom. The summed E-state index contributed by atoms with van der Waals surface area (Å²) in [6.07, 6.45) is 4.93. The standard InChI is InChI=1S/C25H31NO5/c1-14-21(24(29)31-16-7-5-6-8-16)22(15-9-10-20(30-4)18(27)11-15)23-17(26-14)12-25(2,3)13-19(23)28/h9-11,16,22,26-27H,5-8,12-13H2,1-4H3/t22-/m0/s1. The molecule has 6 heteroatoms. The highest BCUT2D eigenvalue weighted by Gasteiger charge is 2.43. The summed E-state index contributed by atoms with van der Waals surface area (Å²) in [7, 11) is 1.49. The number of phenolic OH excluding ortho intramolecular Hbond substituents is 1. The first-order valence-corrected chi connectivity index (χ1v) is 11.0. The van der Waals surface area contributed by atoms with E-state index in [1.165, 1.54) is 7.11 Å². The number of ketones is 1. The smallest absolute Gasteiger partial charge is 0.337 e. The number of hydrogen-bond donors (Lipinski definition) is 2. The second kappa shape index (κ2) is 8.06. The Labute approximate surface area is 183 Å². The molecule has 1 saturated carbocycles. The summed E-state index contributed by atoms with van der Waals surface area (Å²) < 4.78 is 11.0. The van der Waals surface area contributed by atoms with E-state index in [4.69, 9.17) is 9.47 Å². The molecular weight excluding hydrogens is 394 g/mol. The summed E-state index contributed by atoms with van der Waals surface area (Å²) in [5.41, 5.74) is 3.13. The van der Waals surface area contributed by atoms with Crippen molar-refractivity contribution in [2.45, 2.75) is 71.3 Å². The summed E-state index contributed by atoms with van der Waals surface area (Å²) in [5, 5.41) is 13.8. The second-order valence-electron chi connectivity index (χ2n) is 9.67. The van der Waals surface area contributed by atoms with Gasteiger partial charge in [0.25, 0.3) is 0 Å². The number of rotatable bonds is 4. The van der Waals surface area contributed by atoms with Crippen LogP contribution < -0.4 is 10.1 Å². The van der Waals surface area contributed by atoms with Gasteiger partial charge in [-0.25, -0.2) is 4.79 Å². The van der Waals surface area contributed by atoms with Gasteiger partial charge in [0.2, 0.25) is 0 Å². The number of esters is 1. The van der Waals surface area contributed by atoms with Gasteiger partial charge >= 0.3 is 5.97 Å². The Morgan fingerprint density at radius 2 is 1.90 bits per heavy atom. The summed E-state index contributed by atoms with van der Waals surface area (Å²) in [6.45, 7) is 6.01. The van der Waals surface area contributed by atoms with E-state index in [9.17, 15) is 14.7 Å². The largest absolute Gasteiger partial charge is 0.504 e. The van der Waals surface area contributed by atoms with Gasteiger partial charge in [-0.1, -0.05) is 19.9 Å². The van der Waals surface area contributed by atoms with Gasteiger partial charge in [-0.3, -0.25) is 4.79 Å². The van der Waals surface area contributed by atoms with Crippen LogP contribution in [0.15, 0.2) is 40.7 Å². The van der Waals surface area contributed by atoms with Gasteiger partial charge in [0, 0.05) is 29.3 Å². The number of benzene rings is 1. The number of dihydropyridines is 1. The van der Waals surface area contributed by atoms with E-state index in [0.717, 1.165) is 37.8 Å². The van der Waals surface area contributed by atoms with Crippen LogP contribution in [0.25, 0.3) is 0 Å². The van der Waals surface area contributed by atoms with Crippen molar-refractivity contribution in [2.75, 3.05) is 7.11 Å². The summed E-state index contributed by atoms with van der Waals surface area (Å²) in [6, 6.07) is 5.06. The molecular formula is C25H31NO5.